The van der Waals surface area contributed by atoms with Gasteiger partial charge in [0.05, 0.1) is 5.69 Å². The zero-order valence-electron chi connectivity index (χ0n) is 10.5. The summed E-state index contributed by atoms with van der Waals surface area (Å²) in [5.74, 6) is 0. The van der Waals surface area contributed by atoms with Crippen molar-refractivity contribution in [3.8, 4) is 16.9 Å². The number of hydrogen-bond acceptors (Lipinski definition) is 3. The SMILES string of the molecule is O=c1[nH]c(=O)n(-c2ccccc2)nc1-c1ccccc1. The summed E-state index contributed by atoms with van der Waals surface area (Å²) in [5.41, 5.74) is 0.438. The molecule has 0 atom stereocenters. The van der Waals surface area contributed by atoms with Crippen LogP contribution in [0.25, 0.3) is 16.9 Å². The van der Waals surface area contributed by atoms with Crippen LogP contribution >= 0.6 is 0 Å². The molecule has 0 aliphatic carbocycles. The van der Waals surface area contributed by atoms with Gasteiger partial charge in [-0.1, -0.05) is 48.5 Å². The molecular weight excluding hydrogens is 254 g/mol. The molecular formula is C15H11N3O2. The van der Waals surface area contributed by atoms with Crippen LogP contribution in [0.15, 0.2) is 70.3 Å². The average molecular weight is 265 g/mol. The molecule has 98 valence electrons. The second-order valence-electron chi connectivity index (χ2n) is 4.22. The predicted octanol–water partition coefficient (Wildman–Crippen LogP) is 1.59. The Morgan fingerprint density at radius 1 is 0.850 bits per heavy atom. The standard InChI is InChI=1S/C15H11N3O2/c19-14-13(11-7-3-1-4-8-11)17-18(15(20)16-14)12-9-5-2-6-10-12/h1-10H,(H,16,19,20). The van der Waals surface area contributed by atoms with Gasteiger partial charge in [0.15, 0.2) is 5.69 Å². The molecule has 0 saturated heterocycles. The first-order valence-electron chi connectivity index (χ1n) is 6.10. The average Bonchev–Trinajstić information content (AvgIpc) is 2.49. The monoisotopic (exact) mass is 265 g/mol. The lowest BCUT2D eigenvalue weighted by atomic mass is 10.2. The predicted molar refractivity (Wildman–Crippen MR) is 75.9 cm³/mol. The van der Waals surface area contributed by atoms with E-state index in [0.29, 0.717) is 11.3 Å². The molecule has 2 aromatic carbocycles. The first-order chi connectivity index (χ1) is 9.75. The van der Waals surface area contributed by atoms with E-state index in [4.69, 9.17) is 0 Å². The summed E-state index contributed by atoms with van der Waals surface area (Å²) < 4.78 is 1.18. The molecule has 1 N–H and O–H groups in total. The number of rotatable bonds is 2. The van der Waals surface area contributed by atoms with Gasteiger partial charge in [-0.2, -0.15) is 9.78 Å². The van der Waals surface area contributed by atoms with Gasteiger partial charge in [-0.15, -0.1) is 0 Å². The Morgan fingerprint density at radius 2 is 1.45 bits per heavy atom. The molecule has 0 fully saturated rings. The van der Waals surface area contributed by atoms with Gasteiger partial charge in [0, 0.05) is 5.56 Å². The molecule has 20 heavy (non-hydrogen) atoms. The Balaban J connectivity index is 2.24. The fraction of sp³-hybridized carbons (Fsp3) is 0. The normalized spacial score (nSPS) is 10.4. The number of nitrogens with one attached hydrogen (secondary N) is 1. The van der Waals surface area contributed by atoms with E-state index in [9.17, 15) is 9.59 Å². The summed E-state index contributed by atoms with van der Waals surface area (Å²) in [6, 6.07) is 18.0. The maximum Gasteiger partial charge on any atom is 0.349 e. The number of aromatic amines is 1. The van der Waals surface area contributed by atoms with Gasteiger partial charge in [0.25, 0.3) is 5.56 Å². The molecule has 5 nitrogen and oxygen atoms in total. The van der Waals surface area contributed by atoms with Crippen molar-refractivity contribution in [2.75, 3.05) is 0 Å². The van der Waals surface area contributed by atoms with E-state index < -0.39 is 11.2 Å². The van der Waals surface area contributed by atoms with E-state index >= 15 is 0 Å². The smallest absolute Gasteiger partial charge is 0.271 e. The summed E-state index contributed by atoms with van der Waals surface area (Å²) in [6.07, 6.45) is 0. The molecule has 0 saturated carbocycles. The van der Waals surface area contributed by atoms with Gasteiger partial charge >= 0.3 is 5.69 Å². The van der Waals surface area contributed by atoms with Crippen molar-refractivity contribution >= 4 is 0 Å². The number of hydrogen-bond donors (Lipinski definition) is 1. The highest BCUT2D eigenvalue weighted by molar-refractivity contribution is 5.57. The number of para-hydroxylation sites is 1. The van der Waals surface area contributed by atoms with Crippen LogP contribution in [0.5, 0.6) is 0 Å². The van der Waals surface area contributed by atoms with Crippen LogP contribution in [0.2, 0.25) is 0 Å². The zero-order chi connectivity index (χ0) is 13.9. The van der Waals surface area contributed by atoms with Crippen molar-refractivity contribution in [1.29, 1.82) is 0 Å². The van der Waals surface area contributed by atoms with Gasteiger partial charge in [0.1, 0.15) is 0 Å². The highest BCUT2D eigenvalue weighted by atomic mass is 16.2. The van der Waals surface area contributed by atoms with Crippen LogP contribution in [-0.4, -0.2) is 14.8 Å². The lowest BCUT2D eigenvalue weighted by molar-refractivity contribution is 0.756. The lowest BCUT2D eigenvalue weighted by Crippen LogP contribution is -2.32. The lowest BCUT2D eigenvalue weighted by Gasteiger charge is -2.05. The third-order valence-corrected chi connectivity index (χ3v) is 2.88. The van der Waals surface area contributed by atoms with Crippen molar-refractivity contribution < 1.29 is 0 Å². The van der Waals surface area contributed by atoms with Crippen molar-refractivity contribution in [3.05, 3.63) is 81.5 Å². The van der Waals surface area contributed by atoms with Gasteiger partial charge < -0.3 is 0 Å². The number of benzene rings is 2. The fourth-order valence-electron chi connectivity index (χ4n) is 1.93. The highest BCUT2D eigenvalue weighted by Gasteiger charge is 2.09. The van der Waals surface area contributed by atoms with E-state index in [1.165, 1.54) is 4.68 Å². The van der Waals surface area contributed by atoms with Gasteiger partial charge in [0.2, 0.25) is 0 Å². The van der Waals surface area contributed by atoms with Crippen molar-refractivity contribution in [3.63, 3.8) is 0 Å². The van der Waals surface area contributed by atoms with Crippen LogP contribution in [0.3, 0.4) is 0 Å². The highest BCUT2D eigenvalue weighted by Crippen LogP contribution is 2.11. The van der Waals surface area contributed by atoms with E-state index in [2.05, 4.69) is 10.1 Å². The second-order valence-corrected chi connectivity index (χ2v) is 4.22. The van der Waals surface area contributed by atoms with Crippen LogP contribution in [-0.2, 0) is 0 Å². The van der Waals surface area contributed by atoms with E-state index in [-0.39, 0.29) is 5.69 Å². The van der Waals surface area contributed by atoms with Gasteiger partial charge in [-0.3, -0.25) is 9.78 Å². The Kier molecular flexibility index (Phi) is 3.01. The molecule has 1 aromatic heterocycles. The molecule has 0 amide bonds. The maximum atomic E-state index is 11.9. The first kappa shape index (κ1) is 12.1. The molecule has 0 bridgehead atoms. The molecule has 0 aliphatic rings. The Bertz CT molecular complexity index is 767. The van der Waals surface area contributed by atoms with E-state index in [1.54, 1.807) is 36.4 Å². The van der Waals surface area contributed by atoms with Crippen LogP contribution in [0.4, 0.5) is 0 Å². The first-order valence-corrected chi connectivity index (χ1v) is 6.10. The molecule has 0 aliphatic heterocycles. The summed E-state index contributed by atoms with van der Waals surface area (Å²) >= 11 is 0. The van der Waals surface area contributed by atoms with Crippen molar-refractivity contribution in [2.24, 2.45) is 0 Å². The Hall–Kier alpha value is -2.95. The Labute approximate surface area is 114 Å². The summed E-state index contributed by atoms with van der Waals surface area (Å²) in [5, 5.41) is 4.17. The van der Waals surface area contributed by atoms with E-state index in [1.807, 2.05) is 24.3 Å². The largest absolute Gasteiger partial charge is 0.349 e. The minimum Gasteiger partial charge on any atom is -0.271 e. The molecule has 3 aromatic rings. The molecule has 0 unspecified atom stereocenters. The summed E-state index contributed by atoms with van der Waals surface area (Å²) in [7, 11) is 0. The minimum absolute atomic E-state index is 0.217. The third kappa shape index (κ3) is 2.16. The summed E-state index contributed by atoms with van der Waals surface area (Å²) in [4.78, 5) is 26.1. The van der Waals surface area contributed by atoms with E-state index in [0.717, 1.165) is 0 Å². The number of nitrogens with zero attached hydrogens (tertiary/aromatic N) is 2. The molecule has 3 rings (SSSR count). The minimum atomic E-state index is -0.555. The van der Waals surface area contributed by atoms with Crippen LogP contribution in [0.1, 0.15) is 0 Å². The third-order valence-electron chi connectivity index (χ3n) is 2.88. The van der Waals surface area contributed by atoms with Crippen molar-refractivity contribution in [2.45, 2.75) is 0 Å². The topological polar surface area (TPSA) is 67.8 Å². The maximum absolute atomic E-state index is 11.9. The zero-order valence-corrected chi connectivity index (χ0v) is 10.5. The molecule has 1 heterocycles. The van der Waals surface area contributed by atoms with Crippen LogP contribution < -0.4 is 11.2 Å². The van der Waals surface area contributed by atoms with Gasteiger partial charge in [-0.25, -0.2) is 4.79 Å². The Morgan fingerprint density at radius 3 is 2.10 bits per heavy atom. The molecule has 0 spiro atoms. The number of H-pyrrole nitrogens is 1. The fourth-order valence-corrected chi connectivity index (χ4v) is 1.93. The van der Waals surface area contributed by atoms with Crippen LogP contribution in [0, 0.1) is 0 Å². The quantitative estimate of drug-likeness (QED) is 0.765. The van der Waals surface area contributed by atoms with Gasteiger partial charge in [-0.05, 0) is 12.1 Å². The summed E-state index contributed by atoms with van der Waals surface area (Å²) in [6.45, 7) is 0. The molecule has 5 heteroatoms. The second kappa shape index (κ2) is 4.97. The van der Waals surface area contributed by atoms with Crippen molar-refractivity contribution in [1.82, 2.24) is 14.8 Å². The molecule has 0 radical (unpaired) electrons. The number of aromatic nitrogens is 3.